The van der Waals surface area contributed by atoms with Crippen LogP contribution in [0.1, 0.15) is 31.2 Å². The number of urea groups is 1. The molecule has 2 rings (SSSR count). The Balaban J connectivity index is 1.78. The first-order valence-electron chi connectivity index (χ1n) is 8.49. The summed E-state index contributed by atoms with van der Waals surface area (Å²) >= 11 is 0. The van der Waals surface area contributed by atoms with Gasteiger partial charge in [0.25, 0.3) is 5.91 Å². The van der Waals surface area contributed by atoms with Crippen LogP contribution in [0.5, 0.6) is 5.75 Å². The minimum Gasteiger partial charge on any atom is -0.484 e. The molecule has 0 heterocycles. The summed E-state index contributed by atoms with van der Waals surface area (Å²) < 4.78 is 5.41. The number of hydrogen-bond acceptors (Lipinski definition) is 3. The lowest BCUT2D eigenvalue weighted by Crippen LogP contribution is -2.39. The van der Waals surface area contributed by atoms with Crippen LogP contribution in [-0.4, -0.2) is 44.1 Å². The third-order valence-corrected chi connectivity index (χ3v) is 4.34. The lowest BCUT2D eigenvalue weighted by molar-refractivity contribution is -0.122. The summed E-state index contributed by atoms with van der Waals surface area (Å²) in [4.78, 5) is 25.1. The Morgan fingerprint density at radius 3 is 2.75 bits per heavy atom. The second-order valence-corrected chi connectivity index (χ2v) is 6.30. The molecular formula is C18H27N3O3. The molecule has 0 aliphatic heterocycles. The Morgan fingerprint density at radius 2 is 2.04 bits per heavy atom. The van der Waals surface area contributed by atoms with E-state index in [2.05, 4.69) is 10.6 Å². The van der Waals surface area contributed by atoms with Gasteiger partial charge < -0.3 is 20.3 Å². The van der Waals surface area contributed by atoms with Gasteiger partial charge in [-0.1, -0.05) is 25.0 Å². The third kappa shape index (κ3) is 5.76. The van der Waals surface area contributed by atoms with Crippen molar-refractivity contribution < 1.29 is 14.3 Å². The van der Waals surface area contributed by atoms with Crippen molar-refractivity contribution in [1.29, 1.82) is 0 Å². The summed E-state index contributed by atoms with van der Waals surface area (Å²) in [5.41, 5.74) is 0.937. The van der Waals surface area contributed by atoms with E-state index in [-0.39, 0.29) is 18.5 Å². The Kier molecular flexibility index (Phi) is 6.90. The number of rotatable bonds is 7. The molecule has 2 N–H and O–H groups in total. The molecule has 0 atom stereocenters. The van der Waals surface area contributed by atoms with Gasteiger partial charge in [0.05, 0.1) is 0 Å². The molecule has 1 aromatic rings. The highest BCUT2D eigenvalue weighted by Crippen LogP contribution is 2.25. The number of hydrogen-bond donors (Lipinski definition) is 2. The number of amides is 3. The highest BCUT2D eigenvalue weighted by molar-refractivity contribution is 5.77. The molecule has 0 aromatic heterocycles. The van der Waals surface area contributed by atoms with Gasteiger partial charge in [-0.15, -0.1) is 0 Å². The van der Waals surface area contributed by atoms with E-state index in [4.69, 9.17) is 4.74 Å². The average Bonchev–Trinajstić information content (AvgIpc) is 3.10. The van der Waals surface area contributed by atoms with Crippen molar-refractivity contribution in [2.75, 3.05) is 27.2 Å². The fourth-order valence-corrected chi connectivity index (χ4v) is 2.94. The van der Waals surface area contributed by atoms with Crippen LogP contribution in [0.2, 0.25) is 0 Å². The van der Waals surface area contributed by atoms with Crippen molar-refractivity contribution in [2.24, 2.45) is 5.92 Å². The number of likely N-dealkylation sites (N-methyl/N-ethyl adjacent to an activating group) is 1. The normalized spacial score (nSPS) is 14.2. The van der Waals surface area contributed by atoms with Crippen LogP contribution in [0, 0.1) is 5.92 Å². The van der Waals surface area contributed by atoms with Crippen molar-refractivity contribution in [2.45, 2.75) is 32.2 Å². The van der Waals surface area contributed by atoms with E-state index in [1.165, 1.54) is 25.7 Å². The maximum Gasteiger partial charge on any atom is 0.317 e. The highest BCUT2D eigenvalue weighted by Gasteiger charge is 2.19. The largest absolute Gasteiger partial charge is 0.484 e. The van der Waals surface area contributed by atoms with Crippen LogP contribution < -0.4 is 15.4 Å². The standard InChI is InChI=1S/C18H27N3O3/c1-19-17(22)13-24-16-9-5-8-15(10-16)11-20-18(23)21(2)12-14-6-3-4-7-14/h5,8-10,14H,3-4,6-7,11-13H2,1-2H3,(H,19,22)(H,20,23). The van der Waals surface area contributed by atoms with Crippen LogP contribution in [0.15, 0.2) is 24.3 Å². The fraction of sp³-hybridized carbons (Fsp3) is 0.556. The van der Waals surface area contributed by atoms with E-state index < -0.39 is 0 Å². The molecule has 0 bridgehead atoms. The van der Waals surface area contributed by atoms with Gasteiger partial charge in [0.2, 0.25) is 0 Å². The Morgan fingerprint density at radius 1 is 1.29 bits per heavy atom. The zero-order valence-corrected chi connectivity index (χ0v) is 14.5. The van der Waals surface area contributed by atoms with Crippen LogP contribution in [0.4, 0.5) is 4.79 Å². The van der Waals surface area contributed by atoms with E-state index in [0.29, 0.717) is 18.2 Å². The quantitative estimate of drug-likeness (QED) is 0.803. The number of ether oxygens (including phenoxy) is 1. The molecule has 132 valence electrons. The van der Waals surface area contributed by atoms with Crippen LogP contribution in [-0.2, 0) is 11.3 Å². The van der Waals surface area contributed by atoms with E-state index in [1.807, 2.05) is 25.2 Å². The number of benzene rings is 1. The maximum absolute atomic E-state index is 12.2. The molecule has 1 saturated carbocycles. The molecule has 1 fully saturated rings. The summed E-state index contributed by atoms with van der Waals surface area (Å²) in [5.74, 6) is 1.08. The number of nitrogens with one attached hydrogen (secondary N) is 2. The van der Waals surface area contributed by atoms with Crippen LogP contribution >= 0.6 is 0 Å². The lowest BCUT2D eigenvalue weighted by atomic mass is 10.1. The van der Waals surface area contributed by atoms with Crippen molar-refractivity contribution in [1.82, 2.24) is 15.5 Å². The van der Waals surface area contributed by atoms with Crippen LogP contribution in [0.3, 0.4) is 0 Å². The van der Waals surface area contributed by atoms with Crippen molar-refractivity contribution in [3.05, 3.63) is 29.8 Å². The Bertz CT molecular complexity index is 556. The Labute approximate surface area is 143 Å². The zero-order chi connectivity index (χ0) is 17.4. The topological polar surface area (TPSA) is 70.7 Å². The summed E-state index contributed by atoms with van der Waals surface area (Å²) in [5, 5.41) is 5.43. The first kappa shape index (κ1) is 18.1. The van der Waals surface area contributed by atoms with Gasteiger partial charge in [0.15, 0.2) is 6.61 Å². The van der Waals surface area contributed by atoms with Crippen molar-refractivity contribution in [3.63, 3.8) is 0 Å². The Hall–Kier alpha value is -2.24. The lowest BCUT2D eigenvalue weighted by Gasteiger charge is -2.21. The molecular weight excluding hydrogens is 306 g/mol. The summed E-state index contributed by atoms with van der Waals surface area (Å²) in [6.07, 6.45) is 5.01. The highest BCUT2D eigenvalue weighted by atomic mass is 16.5. The van der Waals surface area contributed by atoms with Crippen molar-refractivity contribution in [3.8, 4) is 5.75 Å². The SMILES string of the molecule is CNC(=O)COc1cccc(CNC(=O)N(C)CC2CCCC2)c1. The molecule has 6 heteroatoms. The fourth-order valence-electron chi connectivity index (χ4n) is 2.94. The first-order chi connectivity index (χ1) is 11.6. The van der Waals surface area contributed by atoms with Gasteiger partial charge in [0.1, 0.15) is 5.75 Å². The predicted molar refractivity (Wildman–Crippen MR) is 92.8 cm³/mol. The van der Waals surface area contributed by atoms with Gasteiger partial charge in [-0.05, 0) is 36.5 Å². The molecule has 24 heavy (non-hydrogen) atoms. The molecule has 0 unspecified atom stereocenters. The van der Waals surface area contributed by atoms with Gasteiger partial charge in [-0.25, -0.2) is 4.79 Å². The zero-order valence-electron chi connectivity index (χ0n) is 14.5. The van der Waals surface area contributed by atoms with E-state index in [0.717, 1.165) is 12.1 Å². The minimum absolute atomic E-state index is 0.0174. The summed E-state index contributed by atoms with van der Waals surface area (Å²) in [6, 6.07) is 7.34. The summed E-state index contributed by atoms with van der Waals surface area (Å²) in [6.45, 7) is 1.24. The number of carbonyl (C=O) groups is 2. The van der Waals surface area contributed by atoms with Gasteiger partial charge in [0, 0.05) is 27.2 Å². The second-order valence-electron chi connectivity index (χ2n) is 6.30. The number of nitrogens with zero attached hydrogens (tertiary/aromatic N) is 1. The molecule has 3 amide bonds. The average molecular weight is 333 g/mol. The first-order valence-corrected chi connectivity index (χ1v) is 8.49. The van der Waals surface area contributed by atoms with Crippen LogP contribution in [0.25, 0.3) is 0 Å². The number of carbonyl (C=O) groups excluding carboxylic acids is 2. The van der Waals surface area contributed by atoms with Gasteiger partial charge >= 0.3 is 6.03 Å². The molecule has 0 spiro atoms. The molecule has 6 nitrogen and oxygen atoms in total. The van der Waals surface area contributed by atoms with E-state index in [1.54, 1.807) is 18.0 Å². The molecule has 0 saturated heterocycles. The predicted octanol–water partition coefficient (Wildman–Crippen LogP) is 2.14. The van der Waals surface area contributed by atoms with Crippen molar-refractivity contribution >= 4 is 11.9 Å². The monoisotopic (exact) mass is 333 g/mol. The summed E-state index contributed by atoms with van der Waals surface area (Å²) in [7, 11) is 3.41. The molecule has 1 aliphatic rings. The molecule has 0 radical (unpaired) electrons. The van der Waals surface area contributed by atoms with E-state index >= 15 is 0 Å². The molecule has 1 aromatic carbocycles. The molecule has 1 aliphatic carbocycles. The van der Waals surface area contributed by atoms with Gasteiger partial charge in [-0.3, -0.25) is 4.79 Å². The maximum atomic E-state index is 12.2. The second kappa shape index (κ2) is 9.15. The smallest absolute Gasteiger partial charge is 0.317 e. The van der Waals surface area contributed by atoms with Gasteiger partial charge in [-0.2, -0.15) is 0 Å². The minimum atomic E-state index is -0.178. The third-order valence-electron chi connectivity index (χ3n) is 4.34. The van der Waals surface area contributed by atoms with E-state index in [9.17, 15) is 9.59 Å².